The third kappa shape index (κ3) is 3.08. The maximum absolute atomic E-state index is 11.6. The Labute approximate surface area is 90.2 Å². The highest BCUT2D eigenvalue weighted by Crippen LogP contribution is 2.14. The van der Waals surface area contributed by atoms with Crippen LogP contribution in [-0.2, 0) is 14.3 Å². The largest absolute Gasteiger partial charge is 0.298 e. The van der Waals surface area contributed by atoms with Crippen molar-refractivity contribution >= 4 is 10.1 Å². The quantitative estimate of drug-likeness (QED) is 0.580. The molecule has 0 radical (unpaired) electrons. The highest BCUT2D eigenvalue weighted by molar-refractivity contribution is 7.86. The average molecular weight is 224 g/mol. The Bertz CT molecular complexity index is 466. The predicted octanol–water partition coefficient (Wildman–Crippen LogP) is 1.72. The van der Waals surface area contributed by atoms with Crippen molar-refractivity contribution in [2.75, 3.05) is 0 Å². The predicted molar refractivity (Wildman–Crippen MR) is 57.7 cm³/mol. The summed E-state index contributed by atoms with van der Waals surface area (Å²) in [5, 5.41) is 0. The van der Waals surface area contributed by atoms with Gasteiger partial charge in [0.1, 0.15) is 6.10 Å². The summed E-state index contributed by atoms with van der Waals surface area (Å²) in [7, 11) is -3.73. The van der Waals surface area contributed by atoms with Crippen LogP contribution in [0.5, 0.6) is 0 Å². The highest BCUT2D eigenvalue weighted by Gasteiger charge is 2.17. The van der Waals surface area contributed by atoms with Crippen LogP contribution in [0.4, 0.5) is 0 Å². The fourth-order valence-corrected chi connectivity index (χ4v) is 1.99. The topological polar surface area (TPSA) is 43.4 Å². The molecule has 15 heavy (non-hydrogen) atoms. The van der Waals surface area contributed by atoms with Gasteiger partial charge in [-0.2, -0.15) is 8.42 Å². The molecule has 0 N–H and O–H groups in total. The van der Waals surface area contributed by atoms with Gasteiger partial charge in [0.25, 0.3) is 10.1 Å². The van der Waals surface area contributed by atoms with E-state index >= 15 is 0 Å². The number of benzene rings is 1. The van der Waals surface area contributed by atoms with Crippen LogP contribution in [0.15, 0.2) is 29.2 Å². The van der Waals surface area contributed by atoms with E-state index in [2.05, 4.69) is 5.92 Å². The smallest absolute Gasteiger partial charge is 0.250 e. The van der Waals surface area contributed by atoms with Crippen molar-refractivity contribution in [3.63, 3.8) is 0 Å². The molecule has 0 aliphatic rings. The summed E-state index contributed by atoms with van der Waals surface area (Å²) >= 11 is 0. The molecule has 0 aliphatic carbocycles. The van der Waals surface area contributed by atoms with Crippen molar-refractivity contribution < 1.29 is 12.6 Å². The fraction of sp³-hybridized carbons (Fsp3) is 0.273. The Morgan fingerprint density at radius 3 is 2.33 bits per heavy atom. The van der Waals surface area contributed by atoms with Crippen molar-refractivity contribution in [2.45, 2.75) is 24.8 Å². The first-order chi connectivity index (χ1) is 6.95. The third-order valence-corrected chi connectivity index (χ3v) is 3.21. The lowest BCUT2D eigenvalue weighted by Gasteiger charge is -2.07. The summed E-state index contributed by atoms with van der Waals surface area (Å²) in [6, 6.07) is 6.40. The molecule has 0 amide bonds. The average Bonchev–Trinajstić information content (AvgIpc) is 2.17. The zero-order valence-corrected chi connectivity index (χ0v) is 9.41. The van der Waals surface area contributed by atoms with Crippen molar-refractivity contribution in [1.29, 1.82) is 0 Å². The molecular weight excluding hydrogens is 212 g/mol. The highest BCUT2D eigenvalue weighted by atomic mass is 32.2. The number of hydrogen-bond acceptors (Lipinski definition) is 3. The molecule has 1 aromatic rings. The molecule has 0 aliphatic heterocycles. The van der Waals surface area contributed by atoms with Gasteiger partial charge in [-0.25, -0.2) is 0 Å². The van der Waals surface area contributed by atoms with Crippen molar-refractivity contribution in [3.05, 3.63) is 29.8 Å². The summed E-state index contributed by atoms with van der Waals surface area (Å²) in [5.41, 5.74) is 0.985. The van der Waals surface area contributed by atoms with Crippen LogP contribution in [-0.4, -0.2) is 14.5 Å². The zero-order chi connectivity index (χ0) is 11.5. The number of hydrogen-bond donors (Lipinski definition) is 0. The fourth-order valence-electron chi connectivity index (χ4n) is 0.978. The SMILES string of the molecule is C#CC(C)OS(=O)(=O)c1ccc(C)cc1. The van der Waals surface area contributed by atoms with Gasteiger partial charge in [-0.15, -0.1) is 6.42 Å². The van der Waals surface area contributed by atoms with E-state index in [9.17, 15) is 8.42 Å². The summed E-state index contributed by atoms with van der Waals surface area (Å²) < 4.78 is 27.9. The van der Waals surface area contributed by atoms with Gasteiger partial charge in [0.05, 0.1) is 4.90 Å². The van der Waals surface area contributed by atoms with Crippen LogP contribution in [0.3, 0.4) is 0 Å². The Morgan fingerprint density at radius 1 is 1.33 bits per heavy atom. The maximum atomic E-state index is 11.6. The van der Waals surface area contributed by atoms with Crippen LogP contribution in [0.2, 0.25) is 0 Å². The minimum absolute atomic E-state index is 0.121. The second-order valence-electron chi connectivity index (χ2n) is 3.17. The molecule has 0 heterocycles. The summed E-state index contributed by atoms with van der Waals surface area (Å²) in [4.78, 5) is 0.121. The van der Waals surface area contributed by atoms with E-state index in [1.54, 1.807) is 12.1 Å². The summed E-state index contributed by atoms with van der Waals surface area (Å²) in [5.74, 6) is 2.20. The Hall–Kier alpha value is -1.31. The molecule has 0 spiro atoms. The van der Waals surface area contributed by atoms with Gasteiger partial charge in [-0.1, -0.05) is 23.6 Å². The number of terminal acetylenes is 1. The molecule has 80 valence electrons. The van der Waals surface area contributed by atoms with E-state index in [0.29, 0.717) is 0 Å². The van der Waals surface area contributed by atoms with Crippen molar-refractivity contribution in [2.24, 2.45) is 0 Å². The Balaban J connectivity index is 2.98. The molecule has 0 saturated carbocycles. The molecular formula is C11H12O3S. The van der Waals surface area contributed by atoms with E-state index in [0.717, 1.165) is 5.56 Å². The first-order valence-corrected chi connectivity index (χ1v) is 5.82. The van der Waals surface area contributed by atoms with E-state index in [1.807, 2.05) is 6.92 Å². The Morgan fingerprint density at radius 2 is 1.87 bits per heavy atom. The molecule has 3 nitrogen and oxygen atoms in total. The van der Waals surface area contributed by atoms with Gasteiger partial charge in [0.2, 0.25) is 0 Å². The van der Waals surface area contributed by atoms with Gasteiger partial charge >= 0.3 is 0 Å². The number of aryl methyl sites for hydroxylation is 1. The lowest BCUT2D eigenvalue weighted by atomic mass is 10.2. The van der Waals surface area contributed by atoms with E-state index in [4.69, 9.17) is 10.6 Å². The van der Waals surface area contributed by atoms with Gasteiger partial charge in [-0.05, 0) is 26.0 Å². The van der Waals surface area contributed by atoms with Gasteiger partial charge in [0.15, 0.2) is 0 Å². The van der Waals surface area contributed by atoms with E-state index in [1.165, 1.54) is 19.1 Å². The Kier molecular flexibility index (Phi) is 3.51. The lowest BCUT2D eigenvalue weighted by Crippen LogP contribution is -2.13. The van der Waals surface area contributed by atoms with Crippen LogP contribution >= 0.6 is 0 Å². The molecule has 0 saturated heterocycles. The van der Waals surface area contributed by atoms with Crippen LogP contribution in [0.25, 0.3) is 0 Å². The van der Waals surface area contributed by atoms with Crippen molar-refractivity contribution in [3.8, 4) is 12.3 Å². The lowest BCUT2D eigenvalue weighted by molar-refractivity contribution is 0.283. The van der Waals surface area contributed by atoms with Gasteiger partial charge in [0, 0.05) is 0 Å². The summed E-state index contributed by atoms with van der Waals surface area (Å²) in [6.45, 7) is 3.38. The second-order valence-corrected chi connectivity index (χ2v) is 4.74. The summed E-state index contributed by atoms with van der Waals surface area (Å²) in [6.07, 6.45) is 4.29. The third-order valence-electron chi connectivity index (χ3n) is 1.82. The standard InChI is InChI=1S/C11H12O3S/c1-4-10(3)14-15(12,13)11-7-5-9(2)6-8-11/h1,5-8,10H,2-3H3. The number of rotatable bonds is 3. The van der Waals surface area contributed by atoms with Crippen molar-refractivity contribution in [1.82, 2.24) is 0 Å². The zero-order valence-electron chi connectivity index (χ0n) is 8.60. The molecule has 1 unspecified atom stereocenters. The van der Waals surface area contributed by atoms with Crippen LogP contribution < -0.4 is 0 Å². The first-order valence-electron chi connectivity index (χ1n) is 4.42. The molecule has 4 heteroatoms. The normalized spacial score (nSPS) is 13.1. The molecule has 1 rings (SSSR count). The molecule has 1 atom stereocenters. The second kappa shape index (κ2) is 4.47. The van der Waals surface area contributed by atoms with Crippen LogP contribution in [0, 0.1) is 19.3 Å². The molecule has 0 aromatic heterocycles. The monoisotopic (exact) mass is 224 g/mol. The van der Waals surface area contributed by atoms with E-state index in [-0.39, 0.29) is 4.90 Å². The van der Waals surface area contributed by atoms with E-state index < -0.39 is 16.2 Å². The minimum Gasteiger partial charge on any atom is -0.250 e. The minimum atomic E-state index is -3.73. The molecule has 1 aromatic carbocycles. The van der Waals surface area contributed by atoms with Crippen LogP contribution in [0.1, 0.15) is 12.5 Å². The van der Waals surface area contributed by atoms with Gasteiger partial charge < -0.3 is 0 Å². The molecule has 0 fully saturated rings. The first kappa shape index (κ1) is 11.8. The molecule has 0 bridgehead atoms. The van der Waals surface area contributed by atoms with Gasteiger partial charge in [-0.3, -0.25) is 4.18 Å². The maximum Gasteiger partial charge on any atom is 0.298 e.